The quantitative estimate of drug-likeness (QED) is 0.859. The second kappa shape index (κ2) is 5.39. The van der Waals surface area contributed by atoms with Gasteiger partial charge in [0.05, 0.1) is 12.5 Å². The smallest absolute Gasteiger partial charge is 0.130 e. The van der Waals surface area contributed by atoms with Gasteiger partial charge in [-0.2, -0.15) is 0 Å². The number of hydrogen-bond acceptors (Lipinski definition) is 4. The number of rotatable bonds is 5. The van der Waals surface area contributed by atoms with Crippen LogP contribution in [0.2, 0.25) is 0 Å². The van der Waals surface area contributed by atoms with E-state index in [1.165, 1.54) is 0 Å². The third-order valence-corrected chi connectivity index (χ3v) is 2.48. The van der Waals surface area contributed by atoms with E-state index in [2.05, 4.69) is 22.1 Å². The normalized spacial score (nSPS) is 10.2. The van der Waals surface area contributed by atoms with Crippen LogP contribution in [0.5, 0.6) is 0 Å². The van der Waals surface area contributed by atoms with E-state index >= 15 is 0 Å². The molecule has 0 amide bonds. The highest BCUT2D eigenvalue weighted by atomic mass is 16.3. The van der Waals surface area contributed by atoms with Gasteiger partial charge in [-0.3, -0.25) is 0 Å². The van der Waals surface area contributed by atoms with Gasteiger partial charge >= 0.3 is 0 Å². The van der Waals surface area contributed by atoms with E-state index in [1.54, 1.807) is 12.5 Å². The first-order valence-electron chi connectivity index (χ1n) is 5.72. The topological polar surface area (TPSA) is 41.3 Å². The molecule has 0 aliphatic rings. The summed E-state index contributed by atoms with van der Waals surface area (Å²) in [4.78, 5) is 6.62. The number of aromatic nitrogens is 1. The third kappa shape index (κ3) is 3.00. The number of pyridine rings is 1. The van der Waals surface area contributed by atoms with Gasteiger partial charge in [-0.25, -0.2) is 4.98 Å². The SMILES string of the molecule is CCNc1cccc(N(C)Cc2ccoc2)n1. The zero-order chi connectivity index (χ0) is 12.1. The highest BCUT2D eigenvalue weighted by Gasteiger charge is 2.05. The molecule has 0 atom stereocenters. The number of nitrogens with zero attached hydrogens (tertiary/aromatic N) is 2. The molecule has 90 valence electrons. The van der Waals surface area contributed by atoms with Gasteiger partial charge in [-0.05, 0) is 25.1 Å². The Labute approximate surface area is 101 Å². The van der Waals surface area contributed by atoms with Gasteiger partial charge in [-0.15, -0.1) is 0 Å². The predicted molar refractivity (Wildman–Crippen MR) is 69.2 cm³/mol. The van der Waals surface area contributed by atoms with Crippen LogP contribution in [0.15, 0.2) is 41.2 Å². The van der Waals surface area contributed by atoms with Crippen LogP contribution in [0.25, 0.3) is 0 Å². The molecule has 0 bridgehead atoms. The fourth-order valence-corrected chi connectivity index (χ4v) is 1.65. The fourth-order valence-electron chi connectivity index (χ4n) is 1.65. The lowest BCUT2D eigenvalue weighted by molar-refractivity contribution is 0.563. The van der Waals surface area contributed by atoms with Crippen molar-refractivity contribution in [3.63, 3.8) is 0 Å². The molecule has 0 aliphatic heterocycles. The first-order chi connectivity index (χ1) is 8.29. The molecule has 0 aliphatic carbocycles. The van der Waals surface area contributed by atoms with Crippen LogP contribution < -0.4 is 10.2 Å². The van der Waals surface area contributed by atoms with Gasteiger partial charge in [0.2, 0.25) is 0 Å². The van der Waals surface area contributed by atoms with Gasteiger partial charge in [0.1, 0.15) is 11.6 Å². The first kappa shape index (κ1) is 11.5. The third-order valence-electron chi connectivity index (χ3n) is 2.48. The maximum Gasteiger partial charge on any atom is 0.130 e. The molecule has 0 spiro atoms. The Kier molecular flexibility index (Phi) is 3.65. The molecule has 0 unspecified atom stereocenters. The summed E-state index contributed by atoms with van der Waals surface area (Å²) < 4.78 is 5.05. The zero-order valence-electron chi connectivity index (χ0n) is 10.2. The average Bonchev–Trinajstić information content (AvgIpc) is 2.83. The van der Waals surface area contributed by atoms with Crippen molar-refractivity contribution in [2.75, 3.05) is 23.8 Å². The van der Waals surface area contributed by atoms with Crippen molar-refractivity contribution in [2.24, 2.45) is 0 Å². The number of hydrogen-bond donors (Lipinski definition) is 1. The Hall–Kier alpha value is -1.97. The Morgan fingerprint density at radius 3 is 2.94 bits per heavy atom. The van der Waals surface area contributed by atoms with Crippen molar-refractivity contribution < 1.29 is 4.42 Å². The molecule has 0 radical (unpaired) electrons. The molecule has 2 aromatic rings. The molecule has 0 saturated carbocycles. The second-order valence-electron chi connectivity index (χ2n) is 3.90. The van der Waals surface area contributed by atoms with Crippen LogP contribution in [0, 0.1) is 0 Å². The van der Waals surface area contributed by atoms with Crippen molar-refractivity contribution in [1.82, 2.24) is 4.98 Å². The molecule has 0 saturated heterocycles. The Morgan fingerprint density at radius 2 is 2.24 bits per heavy atom. The predicted octanol–water partition coefficient (Wildman–Crippen LogP) is 2.74. The van der Waals surface area contributed by atoms with E-state index in [9.17, 15) is 0 Å². The summed E-state index contributed by atoms with van der Waals surface area (Å²) in [5.41, 5.74) is 1.14. The summed E-state index contributed by atoms with van der Waals surface area (Å²) >= 11 is 0. The van der Waals surface area contributed by atoms with E-state index in [0.29, 0.717) is 0 Å². The van der Waals surface area contributed by atoms with Crippen LogP contribution in [0.4, 0.5) is 11.6 Å². The molecule has 2 aromatic heterocycles. The van der Waals surface area contributed by atoms with Gasteiger partial charge in [0.25, 0.3) is 0 Å². The van der Waals surface area contributed by atoms with Crippen LogP contribution in [0.3, 0.4) is 0 Å². The lowest BCUT2D eigenvalue weighted by Crippen LogP contribution is -2.17. The Bertz CT molecular complexity index is 453. The van der Waals surface area contributed by atoms with E-state index in [1.807, 2.05) is 31.3 Å². The summed E-state index contributed by atoms with van der Waals surface area (Å²) in [7, 11) is 2.02. The summed E-state index contributed by atoms with van der Waals surface area (Å²) in [5.74, 6) is 1.86. The van der Waals surface area contributed by atoms with E-state index in [-0.39, 0.29) is 0 Å². The van der Waals surface area contributed by atoms with E-state index in [0.717, 1.165) is 30.3 Å². The van der Waals surface area contributed by atoms with Gasteiger partial charge in [-0.1, -0.05) is 6.07 Å². The minimum Gasteiger partial charge on any atom is -0.472 e. The Morgan fingerprint density at radius 1 is 1.35 bits per heavy atom. The van der Waals surface area contributed by atoms with Crippen LogP contribution in [0.1, 0.15) is 12.5 Å². The van der Waals surface area contributed by atoms with Crippen LogP contribution in [-0.4, -0.2) is 18.6 Å². The Balaban J connectivity index is 2.07. The largest absolute Gasteiger partial charge is 0.472 e. The minimum absolute atomic E-state index is 0.791. The maximum absolute atomic E-state index is 5.05. The standard InChI is InChI=1S/C13H17N3O/c1-3-14-12-5-4-6-13(15-12)16(2)9-11-7-8-17-10-11/h4-8,10H,3,9H2,1-2H3,(H,14,15). The molecule has 0 aromatic carbocycles. The van der Waals surface area contributed by atoms with Crippen molar-refractivity contribution in [1.29, 1.82) is 0 Å². The fraction of sp³-hybridized carbons (Fsp3) is 0.308. The molecule has 0 fully saturated rings. The lowest BCUT2D eigenvalue weighted by Gasteiger charge is -2.17. The van der Waals surface area contributed by atoms with Crippen molar-refractivity contribution in [3.05, 3.63) is 42.4 Å². The van der Waals surface area contributed by atoms with Gasteiger partial charge in [0.15, 0.2) is 0 Å². The highest BCUT2D eigenvalue weighted by molar-refractivity contribution is 5.46. The van der Waals surface area contributed by atoms with E-state index in [4.69, 9.17) is 4.42 Å². The van der Waals surface area contributed by atoms with Gasteiger partial charge < -0.3 is 14.6 Å². The molecule has 1 N–H and O–H groups in total. The summed E-state index contributed by atoms with van der Waals surface area (Å²) in [5, 5.41) is 3.21. The number of nitrogens with one attached hydrogen (secondary N) is 1. The molecule has 4 nitrogen and oxygen atoms in total. The number of furan rings is 1. The molecule has 4 heteroatoms. The average molecular weight is 231 g/mol. The summed E-state index contributed by atoms with van der Waals surface area (Å²) in [6.07, 6.45) is 3.44. The first-order valence-corrected chi connectivity index (χ1v) is 5.72. The molecular formula is C13H17N3O. The van der Waals surface area contributed by atoms with Crippen molar-refractivity contribution in [2.45, 2.75) is 13.5 Å². The van der Waals surface area contributed by atoms with Crippen molar-refractivity contribution >= 4 is 11.6 Å². The minimum atomic E-state index is 0.791. The molecule has 17 heavy (non-hydrogen) atoms. The zero-order valence-corrected chi connectivity index (χ0v) is 10.2. The van der Waals surface area contributed by atoms with Gasteiger partial charge in [0, 0.05) is 25.7 Å². The molecular weight excluding hydrogens is 214 g/mol. The monoisotopic (exact) mass is 231 g/mol. The lowest BCUT2D eigenvalue weighted by atomic mass is 10.3. The maximum atomic E-state index is 5.05. The summed E-state index contributed by atoms with van der Waals surface area (Å²) in [6, 6.07) is 7.94. The van der Waals surface area contributed by atoms with Crippen LogP contribution >= 0.6 is 0 Å². The molecule has 2 heterocycles. The van der Waals surface area contributed by atoms with Crippen LogP contribution in [-0.2, 0) is 6.54 Å². The second-order valence-corrected chi connectivity index (χ2v) is 3.90. The molecule has 2 rings (SSSR count). The summed E-state index contributed by atoms with van der Waals surface area (Å²) in [6.45, 7) is 3.73. The highest BCUT2D eigenvalue weighted by Crippen LogP contribution is 2.15. The number of anilines is 2. The van der Waals surface area contributed by atoms with E-state index < -0.39 is 0 Å². The van der Waals surface area contributed by atoms with Crippen molar-refractivity contribution in [3.8, 4) is 0 Å².